The summed E-state index contributed by atoms with van der Waals surface area (Å²) in [5, 5.41) is 0. The van der Waals surface area contributed by atoms with Gasteiger partial charge in [-0.15, -0.1) is 0 Å². The van der Waals surface area contributed by atoms with Crippen LogP contribution in [0.15, 0.2) is 12.2 Å². The summed E-state index contributed by atoms with van der Waals surface area (Å²) in [6.45, 7) is 16.5. The van der Waals surface area contributed by atoms with Crippen LogP contribution in [0.1, 0.15) is 73.6 Å². The van der Waals surface area contributed by atoms with E-state index in [0.29, 0.717) is 0 Å². The van der Waals surface area contributed by atoms with Crippen molar-refractivity contribution < 1.29 is 14.3 Å². The second kappa shape index (κ2) is 9.31. The molecular weight excluding hydrogens is 290 g/mol. The van der Waals surface area contributed by atoms with Gasteiger partial charge in [-0.2, -0.15) is 0 Å². The fraction of sp³-hybridized carbons (Fsp3) is 0.842. The van der Waals surface area contributed by atoms with Gasteiger partial charge in [0.05, 0.1) is 12.2 Å². The first-order valence-electron chi connectivity index (χ1n) is 9.13. The van der Waals surface area contributed by atoms with Crippen LogP contribution < -0.4 is 0 Å². The van der Waals surface area contributed by atoms with E-state index in [2.05, 4.69) is 20.4 Å². The van der Waals surface area contributed by atoms with Gasteiger partial charge in [-0.25, -0.2) is 4.79 Å². The summed E-state index contributed by atoms with van der Waals surface area (Å²) < 4.78 is 12.0. The molecule has 0 N–H and O–H groups in total. The Bertz CT molecular complexity index is 384. The minimum atomic E-state index is -0.324. The first-order chi connectivity index (χ1) is 10.8. The van der Waals surface area contributed by atoms with Crippen molar-refractivity contribution in [2.24, 2.45) is 0 Å². The van der Waals surface area contributed by atoms with Crippen LogP contribution in [0.4, 0.5) is 4.79 Å². The Hall–Kier alpha value is -1.03. The summed E-state index contributed by atoms with van der Waals surface area (Å²) in [4.78, 5) is 14.4. The standard InChI is InChI=1S/C19H35NO3/c1-8-10-16-12-15(7)18(17(22-16)11-9-2)23-19(21)20(13(3)4)14(5)6/h13-14,16-18H,7-12H2,1-6H3/t16-,17+,18+/m0/s1. The van der Waals surface area contributed by atoms with Crippen LogP contribution in [0.2, 0.25) is 0 Å². The van der Waals surface area contributed by atoms with E-state index in [1.165, 1.54) is 0 Å². The molecule has 0 aromatic rings. The van der Waals surface area contributed by atoms with E-state index in [1.54, 1.807) is 4.90 Å². The van der Waals surface area contributed by atoms with Gasteiger partial charge < -0.3 is 14.4 Å². The van der Waals surface area contributed by atoms with Crippen molar-refractivity contribution in [3.05, 3.63) is 12.2 Å². The minimum Gasteiger partial charge on any atom is -0.439 e. The van der Waals surface area contributed by atoms with Crippen molar-refractivity contribution in [3.63, 3.8) is 0 Å². The molecule has 0 aliphatic carbocycles. The predicted molar refractivity (Wildman–Crippen MR) is 94.6 cm³/mol. The fourth-order valence-electron chi connectivity index (χ4n) is 3.38. The molecule has 1 fully saturated rings. The lowest BCUT2D eigenvalue weighted by atomic mass is 9.92. The number of nitrogens with zero attached hydrogens (tertiary/aromatic N) is 1. The summed E-state index contributed by atoms with van der Waals surface area (Å²) in [5.74, 6) is 0. The number of rotatable bonds is 7. The Labute approximate surface area is 142 Å². The molecule has 134 valence electrons. The SMILES string of the molecule is C=C1C[C@H](CCC)O[C@H](CCC)[C@@H]1OC(=O)N(C(C)C)C(C)C. The number of hydrogen-bond donors (Lipinski definition) is 0. The normalized spacial score (nSPS) is 25.0. The van der Waals surface area contributed by atoms with Gasteiger partial charge in [-0.05, 0) is 52.5 Å². The molecule has 0 bridgehead atoms. The number of amides is 1. The average Bonchev–Trinajstić information content (AvgIpc) is 2.42. The Kier molecular flexibility index (Phi) is 8.10. The van der Waals surface area contributed by atoms with Crippen molar-refractivity contribution in [1.29, 1.82) is 0 Å². The Morgan fingerprint density at radius 3 is 2.26 bits per heavy atom. The molecule has 0 aromatic heterocycles. The highest BCUT2D eigenvalue weighted by molar-refractivity contribution is 5.69. The number of hydrogen-bond acceptors (Lipinski definition) is 3. The summed E-state index contributed by atoms with van der Waals surface area (Å²) in [7, 11) is 0. The van der Waals surface area contributed by atoms with Gasteiger partial charge in [0.25, 0.3) is 0 Å². The maximum Gasteiger partial charge on any atom is 0.410 e. The predicted octanol–water partition coefficient (Wildman–Crippen LogP) is 4.92. The molecule has 1 heterocycles. The molecule has 4 heteroatoms. The molecule has 4 nitrogen and oxygen atoms in total. The highest BCUT2D eigenvalue weighted by Gasteiger charge is 2.37. The van der Waals surface area contributed by atoms with Gasteiger partial charge in [0.2, 0.25) is 0 Å². The van der Waals surface area contributed by atoms with Crippen molar-refractivity contribution in [3.8, 4) is 0 Å². The monoisotopic (exact) mass is 325 g/mol. The van der Waals surface area contributed by atoms with E-state index in [4.69, 9.17) is 9.47 Å². The lowest BCUT2D eigenvalue weighted by Gasteiger charge is -2.39. The molecule has 3 atom stereocenters. The summed E-state index contributed by atoms with van der Waals surface area (Å²) >= 11 is 0. The van der Waals surface area contributed by atoms with Crippen LogP contribution in [-0.2, 0) is 9.47 Å². The summed E-state index contributed by atoms with van der Waals surface area (Å²) in [5.41, 5.74) is 0.994. The quantitative estimate of drug-likeness (QED) is 0.623. The van der Waals surface area contributed by atoms with Crippen LogP contribution >= 0.6 is 0 Å². The van der Waals surface area contributed by atoms with Crippen molar-refractivity contribution >= 4 is 6.09 Å². The minimum absolute atomic E-state index is 0.0667. The zero-order chi connectivity index (χ0) is 17.6. The fourth-order valence-corrected chi connectivity index (χ4v) is 3.38. The zero-order valence-electron chi connectivity index (χ0n) is 15.8. The molecule has 0 aromatic carbocycles. The second-order valence-corrected chi connectivity index (χ2v) is 7.14. The maximum absolute atomic E-state index is 12.6. The second-order valence-electron chi connectivity index (χ2n) is 7.14. The largest absolute Gasteiger partial charge is 0.439 e. The van der Waals surface area contributed by atoms with E-state index in [9.17, 15) is 4.79 Å². The Morgan fingerprint density at radius 1 is 1.22 bits per heavy atom. The number of ether oxygens (including phenoxy) is 2. The summed E-state index contributed by atoms with van der Waals surface area (Å²) in [6, 6.07) is 0.218. The van der Waals surface area contributed by atoms with E-state index in [0.717, 1.165) is 37.7 Å². The van der Waals surface area contributed by atoms with Crippen LogP contribution in [-0.4, -0.2) is 41.4 Å². The first-order valence-corrected chi connectivity index (χ1v) is 9.13. The van der Waals surface area contributed by atoms with Gasteiger partial charge in [0.1, 0.15) is 0 Å². The molecule has 0 spiro atoms. The van der Waals surface area contributed by atoms with E-state index in [-0.39, 0.29) is 36.5 Å². The van der Waals surface area contributed by atoms with E-state index >= 15 is 0 Å². The van der Waals surface area contributed by atoms with Crippen molar-refractivity contribution in [2.75, 3.05) is 0 Å². The van der Waals surface area contributed by atoms with Gasteiger partial charge in [0.15, 0.2) is 6.10 Å². The Morgan fingerprint density at radius 2 is 1.78 bits per heavy atom. The number of carbonyl (C=O) groups excluding carboxylic acids is 1. The van der Waals surface area contributed by atoms with Crippen LogP contribution in [0.5, 0.6) is 0 Å². The molecule has 1 aliphatic rings. The third-order valence-electron chi connectivity index (χ3n) is 4.33. The molecule has 0 saturated carbocycles. The lowest BCUT2D eigenvalue weighted by Crippen LogP contribution is -2.48. The third-order valence-corrected chi connectivity index (χ3v) is 4.33. The summed E-state index contributed by atoms with van der Waals surface area (Å²) in [6.07, 6.45) is 4.36. The smallest absolute Gasteiger partial charge is 0.410 e. The molecular formula is C19H35NO3. The highest BCUT2D eigenvalue weighted by Crippen LogP contribution is 2.31. The van der Waals surface area contributed by atoms with E-state index < -0.39 is 0 Å². The van der Waals surface area contributed by atoms with Gasteiger partial charge in [-0.1, -0.05) is 33.3 Å². The molecule has 1 aliphatic heterocycles. The molecule has 1 amide bonds. The van der Waals surface area contributed by atoms with Gasteiger partial charge in [-0.3, -0.25) is 0 Å². The van der Waals surface area contributed by atoms with Crippen LogP contribution in [0.25, 0.3) is 0 Å². The van der Waals surface area contributed by atoms with Gasteiger partial charge in [0, 0.05) is 12.1 Å². The topological polar surface area (TPSA) is 38.8 Å². The van der Waals surface area contributed by atoms with Crippen molar-refractivity contribution in [2.45, 2.75) is 104 Å². The Balaban J connectivity index is 2.82. The zero-order valence-corrected chi connectivity index (χ0v) is 15.8. The molecule has 0 unspecified atom stereocenters. The average molecular weight is 325 g/mol. The third kappa shape index (κ3) is 5.52. The van der Waals surface area contributed by atoms with E-state index in [1.807, 2.05) is 27.7 Å². The highest BCUT2D eigenvalue weighted by atomic mass is 16.6. The molecule has 23 heavy (non-hydrogen) atoms. The molecule has 0 radical (unpaired) electrons. The van der Waals surface area contributed by atoms with Crippen molar-refractivity contribution in [1.82, 2.24) is 4.90 Å². The maximum atomic E-state index is 12.6. The van der Waals surface area contributed by atoms with Crippen LogP contribution in [0.3, 0.4) is 0 Å². The van der Waals surface area contributed by atoms with Gasteiger partial charge >= 0.3 is 6.09 Å². The molecule has 1 saturated heterocycles. The number of carbonyl (C=O) groups is 1. The molecule has 1 rings (SSSR count). The lowest BCUT2D eigenvalue weighted by molar-refractivity contribution is -0.104. The van der Waals surface area contributed by atoms with Crippen LogP contribution in [0, 0.1) is 0 Å². The first kappa shape index (κ1) is 20.0.